The minimum absolute atomic E-state index is 0.0619. The predicted molar refractivity (Wildman–Crippen MR) is 104 cm³/mol. The first-order valence-electron chi connectivity index (χ1n) is 9.04. The van der Waals surface area contributed by atoms with Crippen LogP contribution in [-0.2, 0) is 4.79 Å². The SMILES string of the molecule is COc1ccc(SCCC(=O)NC2CCN(C(=O)c3ccco3)CC2)cc1. The maximum Gasteiger partial charge on any atom is 0.289 e. The molecular weight excluding hydrogens is 364 g/mol. The Labute approximate surface area is 163 Å². The molecule has 0 saturated carbocycles. The van der Waals surface area contributed by atoms with Crippen LogP contribution in [0.1, 0.15) is 29.8 Å². The number of likely N-dealkylation sites (tertiary alicyclic amines) is 1. The summed E-state index contributed by atoms with van der Waals surface area (Å²) in [7, 11) is 1.64. The zero-order valence-electron chi connectivity index (χ0n) is 15.3. The number of hydrogen-bond acceptors (Lipinski definition) is 5. The van der Waals surface area contributed by atoms with Gasteiger partial charge >= 0.3 is 0 Å². The number of ether oxygens (including phenoxy) is 1. The molecule has 0 spiro atoms. The minimum atomic E-state index is -0.0827. The third-order valence-electron chi connectivity index (χ3n) is 4.54. The van der Waals surface area contributed by atoms with Crippen LogP contribution in [0, 0.1) is 0 Å². The van der Waals surface area contributed by atoms with Crippen LogP contribution in [-0.4, -0.2) is 48.7 Å². The second-order valence-corrected chi connectivity index (χ2v) is 7.55. The zero-order valence-corrected chi connectivity index (χ0v) is 16.2. The maximum atomic E-state index is 12.2. The molecule has 1 fully saturated rings. The molecule has 0 radical (unpaired) electrons. The van der Waals surface area contributed by atoms with E-state index in [-0.39, 0.29) is 17.9 Å². The van der Waals surface area contributed by atoms with Gasteiger partial charge in [-0.3, -0.25) is 9.59 Å². The van der Waals surface area contributed by atoms with E-state index in [4.69, 9.17) is 9.15 Å². The molecule has 7 heteroatoms. The average Bonchev–Trinajstić information content (AvgIpc) is 3.23. The molecule has 27 heavy (non-hydrogen) atoms. The van der Waals surface area contributed by atoms with Gasteiger partial charge in [-0.2, -0.15) is 0 Å². The molecule has 2 aromatic rings. The highest BCUT2D eigenvalue weighted by Crippen LogP contribution is 2.22. The Morgan fingerprint density at radius 2 is 1.96 bits per heavy atom. The van der Waals surface area contributed by atoms with Gasteiger partial charge in [0.05, 0.1) is 13.4 Å². The molecule has 0 unspecified atom stereocenters. The molecule has 1 aliphatic rings. The topological polar surface area (TPSA) is 71.8 Å². The molecule has 3 rings (SSSR count). The van der Waals surface area contributed by atoms with Crippen molar-refractivity contribution in [3.05, 3.63) is 48.4 Å². The van der Waals surface area contributed by atoms with Crippen molar-refractivity contribution in [1.29, 1.82) is 0 Å². The van der Waals surface area contributed by atoms with E-state index in [1.54, 1.807) is 35.9 Å². The van der Waals surface area contributed by atoms with Crippen molar-refractivity contribution < 1.29 is 18.7 Å². The highest BCUT2D eigenvalue weighted by atomic mass is 32.2. The number of thioether (sulfide) groups is 1. The van der Waals surface area contributed by atoms with Gasteiger partial charge in [0.25, 0.3) is 5.91 Å². The molecular formula is C20H24N2O4S. The molecule has 2 amide bonds. The van der Waals surface area contributed by atoms with Gasteiger partial charge in [0.2, 0.25) is 5.91 Å². The number of hydrogen-bond donors (Lipinski definition) is 1. The number of piperidine rings is 1. The number of carbonyl (C=O) groups excluding carboxylic acids is 2. The van der Waals surface area contributed by atoms with Gasteiger partial charge in [-0.25, -0.2) is 0 Å². The average molecular weight is 388 g/mol. The lowest BCUT2D eigenvalue weighted by Gasteiger charge is -2.31. The van der Waals surface area contributed by atoms with Gasteiger partial charge in [0.15, 0.2) is 5.76 Å². The van der Waals surface area contributed by atoms with E-state index in [0.29, 0.717) is 25.3 Å². The smallest absolute Gasteiger partial charge is 0.289 e. The minimum Gasteiger partial charge on any atom is -0.497 e. The second-order valence-electron chi connectivity index (χ2n) is 6.39. The van der Waals surface area contributed by atoms with Crippen molar-refractivity contribution in [2.45, 2.75) is 30.2 Å². The van der Waals surface area contributed by atoms with E-state index in [1.807, 2.05) is 24.3 Å². The van der Waals surface area contributed by atoms with E-state index in [9.17, 15) is 9.59 Å². The largest absolute Gasteiger partial charge is 0.497 e. The highest BCUT2D eigenvalue weighted by molar-refractivity contribution is 7.99. The fraction of sp³-hybridized carbons (Fsp3) is 0.400. The van der Waals surface area contributed by atoms with Crippen molar-refractivity contribution in [2.75, 3.05) is 26.0 Å². The summed E-state index contributed by atoms with van der Waals surface area (Å²) in [6, 6.07) is 11.3. The first kappa shape index (κ1) is 19.4. The van der Waals surface area contributed by atoms with Crippen LogP contribution in [0.5, 0.6) is 5.75 Å². The normalized spacial score (nSPS) is 14.8. The van der Waals surface area contributed by atoms with Crippen molar-refractivity contribution in [2.24, 2.45) is 0 Å². The number of benzene rings is 1. The molecule has 1 aromatic heterocycles. The third kappa shape index (κ3) is 5.53. The Bertz CT molecular complexity index is 738. The first-order valence-corrected chi connectivity index (χ1v) is 10.0. The molecule has 0 aliphatic carbocycles. The van der Waals surface area contributed by atoms with Crippen LogP contribution < -0.4 is 10.1 Å². The van der Waals surface area contributed by atoms with E-state index in [1.165, 1.54) is 6.26 Å². The van der Waals surface area contributed by atoms with Gasteiger partial charge < -0.3 is 19.4 Å². The lowest BCUT2D eigenvalue weighted by molar-refractivity contribution is -0.121. The summed E-state index contributed by atoms with van der Waals surface area (Å²) in [5, 5.41) is 3.08. The predicted octanol–water partition coefficient (Wildman–Crippen LogP) is 3.19. The fourth-order valence-electron chi connectivity index (χ4n) is 3.02. The third-order valence-corrected chi connectivity index (χ3v) is 5.55. The van der Waals surface area contributed by atoms with Gasteiger partial charge in [0, 0.05) is 36.2 Å². The van der Waals surface area contributed by atoms with Crippen molar-refractivity contribution in [3.8, 4) is 5.75 Å². The quantitative estimate of drug-likeness (QED) is 0.738. The monoisotopic (exact) mass is 388 g/mol. The molecule has 6 nitrogen and oxygen atoms in total. The van der Waals surface area contributed by atoms with Gasteiger partial charge in [0.1, 0.15) is 5.75 Å². The second kappa shape index (κ2) is 9.50. The van der Waals surface area contributed by atoms with Crippen LogP contribution in [0.4, 0.5) is 0 Å². The van der Waals surface area contributed by atoms with E-state index in [0.717, 1.165) is 29.2 Å². The Morgan fingerprint density at radius 3 is 2.59 bits per heavy atom. The van der Waals surface area contributed by atoms with E-state index in [2.05, 4.69) is 5.32 Å². The van der Waals surface area contributed by atoms with Gasteiger partial charge in [-0.15, -0.1) is 11.8 Å². The van der Waals surface area contributed by atoms with Crippen molar-refractivity contribution in [3.63, 3.8) is 0 Å². The van der Waals surface area contributed by atoms with Crippen LogP contribution >= 0.6 is 11.8 Å². The molecule has 1 N–H and O–H groups in total. The molecule has 2 heterocycles. The number of carbonyl (C=O) groups is 2. The Kier molecular flexibility index (Phi) is 6.81. The van der Waals surface area contributed by atoms with Crippen LogP contribution in [0.25, 0.3) is 0 Å². The number of nitrogens with zero attached hydrogens (tertiary/aromatic N) is 1. The highest BCUT2D eigenvalue weighted by Gasteiger charge is 2.25. The van der Waals surface area contributed by atoms with Gasteiger partial charge in [-0.05, 0) is 49.2 Å². The number of methoxy groups -OCH3 is 1. The number of nitrogens with one attached hydrogen (secondary N) is 1. The molecule has 0 atom stereocenters. The van der Waals surface area contributed by atoms with E-state index >= 15 is 0 Å². The van der Waals surface area contributed by atoms with E-state index < -0.39 is 0 Å². The Morgan fingerprint density at radius 1 is 1.22 bits per heavy atom. The Hall–Kier alpha value is -2.41. The Balaban J connectivity index is 1.35. The summed E-state index contributed by atoms with van der Waals surface area (Å²) in [6.07, 6.45) is 3.51. The lowest BCUT2D eigenvalue weighted by atomic mass is 10.0. The summed E-state index contributed by atoms with van der Waals surface area (Å²) in [4.78, 5) is 27.3. The first-order chi connectivity index (χ1) is 13.2. The van der Waals surface area contributed by atoms with Crippen molar-refractivity contribution in [1.82, 2.24) is 10.2 Å². The van der Waals surface area contributed by atoms with Crippen LogP contribution in [0.15, 0.2) is 52.0 Å². The lowest BCUT2D eigenvalue weighted by Crippen LogP contribution is -2.46. The number of amides is 2. The summed E-state index contributed by atoms with van der Waals surface area (Å²) in [6.45, 7) is 1.26. The maximum absolute atomic E-state index is 12.2. The number of rotatable bonds is 7. The summed E-state index contributed by atoms with van der Waals surface area (Å²) >= 11 is 1.65. The molecule has 1 aromatic carbocycles. The van der Waals surface area contributed by atoms with Crippen molar-refractivity contribution >= 4 is 23.6 Å². The summed E-state index contributed by atoms with van der Waals surface area (Å²) in [5.74, 6) is 1.91. The summed E-state index contributed by atoms with van der Waals surface area (Å²) < 4.78 is 10.3. The summed E-state index contributed by atoms with van der Waals surface area (Å²) in [5.41, 5.74) is 0. The fourth-order valence-corrected chi connectivity index (χ4v) is 3.87. The van der Waals surface area contributed by atoms with Crippen LogP contribution in [0.2, 0.25) is 0 Å². The molecule has 0 bridgehead atoms. The van der Waals surface area contributed by atoms with Crippen LogP contribution in [0.3, 0.4) is 0 Å². The molecule has 1 saturated heterocycles. The molecule has 144 valence electrons. The number of furan rings is 1. The zero-order chi connectivity index (χ0) is 19.1. The van der Waals surface area contributed by atoms with Gasteiger partial charge in [-0.1, -0.05) is 0 Å². The standard InChI is InChI=1S/C20H24N2O4S/c1-25-16-4-6-17(7-5-16)27-14-10-19(23)21-15-8-11-22(12-9-15)20(24)18-3-2-13-26-18/h2-7,13,15H,8-12,14H2,1H3,(H,21,23). The molecule has 1 aliphatic heterocycles.